The lowest BCUT2D eigenvalue weighted by Crippen LogP contribution is -2.46. The van der Waals surface area contributed by atoms with E-state index in [4.69, 9.17) is 10.4 Å². The molecule has 1 atom stereocenters. The van der Waals surface area contributed by atoms with E-state index >= 15 is 0 Å². The van der Waals surface area contributed by atoms with Crippen molar-refractivity contribution in [3.63, 3.8) is 0 Å². The van der Waals surface area contributed by atoms with Crippen molar-refractivity contribution in [3.8, 4) is 6.07 Å². The first-order valence-corrected chi connectivity index (χ1v) is 8.35. The van der Waals surface area contributed by atoms with Crippen LogP contribution in [0.1, 0.15) is 37.4 Å². The molecule has 1 unspecified atom stereocenters. The smallest absolute Gasteiger partial charge is 0.404 e. The van der Waals surface area contributed by atoms with Crippen molar-refractivity contribution < 1.29 is 19.5 Å². The largest absolute Gasteiger partial charge is 0.465 e. The van der Waals surface area contributed by atoms with Crippen molar-refractivity contribution in [1.29, 1.82) is 5.26 Å². The molecule has 27 heavy (non-hydrogen) atoms. The Kier molecular flexibility index (Phi) is 4.90. The zero-order chi connectivity index (χ0) is 19.6. The number of carbonyl (C=O) groups excluding carboxylic acids is 2. The average Bonchev–Trinajstić information content (AvgIpc) is 2.87. The quantitative estimate of drug-likeness (QED) is 0.792. The van der Waals surface area contributed by atoms with Crippen LogP contribution < -0.4 is 5.32 Å². The van der Waals surface area contributed by atoms with Crippen LogP contribution in [0.2, 0.25) is 0 Å². The summed E-state index contributed by atoms with van der Waals surface area (Å²) < 4.78 is 0. The molecule has 3 rings (SSSR count). The van der Waals surface area contributed by atoms with Gasteiger partial charge in [0, 0.05) is 0 Å². The van der Waals surface area contributed by atoms with Crippen LogP contribution in [-0.4, -0.2) is 40.5 Å². The van der Waals surface area contributed by atoms with Crippen LogP contribution >= 0.6 is 0 Å². The number of amides is 3. The molecule has 3 amide bonds. The van der Waals surface area contributed by atoms with Gasteiger partial charge in [0.1, 0.15) is 0 Å². The fourth-order valence-corrected chi connectivity index (χ4v) is 3.22. The summed E-state index contributed by atoms with van der Waals surface area (Å²) in [4.78, 5) is 37.3. The van der Waals surface area contributed by atoms with Gasteiger partial charge in [-0.3, -0.25) is 14.5 Å². The van der Waals surface area contributed by atoms with Gasteiger partial charge in [-0.2, -0.15) is 5.26 Å². The number of nitrogens with one attached hydrogen (secondary N) is 1. The van der Waals surface area contributed by atoms with Gasteiger partial charge in [0.2, 0.25) is 0 Å². The molecule has 1 aliphatic heterocycles. The standard InChI is InChI=1S/C20H17N3O4/c1-12-8-13(6-7-14(12)10-21)9-15(22-20(26)27)11-23-18(24)16-4-2-3-5-17(16)19(23)25/h2-8,15,22H,9,11H2,1H3,(H,26,27). The van der Waals surface area contributed by atoms with Crippen molar-refractivity contribution in [1.82, 2.24) is 10.2 Å². The molecule has 7 heteroatoms. The minimum absolute atomic E-state index is 0.0717. The highest BCUT2D eigenvalue weighted by Gasteiger charge is 2.36. The second kappa shape index (κ2) is 7.30. The van der Waals surface area contributed by atoms with E-state index in [0.29, 0.717) is 16.7 Å². The van der Waals surface area contributed by atoms with E-state index in [-0.39, 0.29) is 13.0 Å². The normalized spacial score (nSPS) is 13.9. The highest BCUT2D eigenvalue weighted by atomic mass is 16.4. The third-order valence-corrected chi connectivity index (χ3v) is 4.50. The highest BCUT2D eigenvalue weighted by molar-refractivity contribution is 6.21. The Balaban J connectivity index is 1.81. The van der Waals surface area contributed by atoms with E-state index in [9.17, 15) is 14.4 Å². The van der Waals surface area contributed by atoms with E-state index in [0.717, 1.165) is 16.0 Å². The first-order chi connectivity index (χ1) is 12.9. The lowest BCUT2D eigenvalue weighted by atomic mass is 10.0. The van der Waals surface area contributed by atoms with Gasteiger partial charge >= 0.3 is 6.09 Å². The predicted molar refractivity (Wildman–Crippen MR) is 96.4 cm³/mol. The van der Waals surface area contributed by atoms with Gasteiger partial charge in [-0.1, -0.05) is 24.3 Å². The summed E-state index contributed by atoms with van der Waals surface area (Å²) >= 11 is 0. The molecule has 1 heterocycles. The molecular formula is C20H17N3O4. The molecule has 0 radical (unpaired) electrons. The summed E-state index contributed by atoms with van der Waals surface area (Å²) in [5, 5.41) is 20.5. The number of hydrogen-bond acceptors (Lipinski definition) is 4. The molecule has 2 aromatic rings. The van der Waals surface area contributed by atoms with Gasteiger partial charge < -0.3 is 10.4 Å². The molecule has 2 aromatic carbocycles. The number of aryl methyl sites for hydroxylation is 1. The maximum absolute atomic E-state index is 12.5. The molecular weight excluding hydrogens is 346 g/mol. The molecule has 0 fully saturated rings. The van der Waals surface area contributed by atoms with Gasteiger partial charge in [0.15, 0.2) is 0 Å². The first kappa shape index (κ1) is 18.1. The fraction of sp³-hybridized carbons (Fsp3) is 0.200. The van der Waals surface area contributed by atoms with Crippen LogP contribution in [0.4, 0.5) is 4.79 Å². The molecule has 0 aliphatic carbocycles. The summed E-state index contributed by atoms with van der Waals surface area (Å²) in [6.07, 6.45) is -0.950. The topological polar surface area (TPSA) is 110 Å². The number of imide groups is 1. The first-order valence-electron chi connectivity index (χ1n) is 8.35. The lowest BCUT2D eigenvalue weighted by Gasteiger charge is -2.23. The van der Waals surface area contributed by atoms with Crippen LogP contribution in [0.5, 0.6) is 0 Å². The molecule has 0 saturated heterocycles. The minimum atomic E-state index is -1.23. The Morgan fingerprint density at radius 2 is 1.81 bits per heavy atom. The van der Waals surface area contributed by atoms with Crippen LogP contribution in [0.25, 0.3) is 0 Å². The van der Waals surface area contributed by atoms with E-state index in [1.165, 1.54) is 0 Å². The average molecular weight is 363 g/mol. The van der Waals surface area contributed by atoms with E-state index in [1.54, 1.807) is 49.4 Å². The highest BCUT2D eigenvalue weighted by Crippen LogP contribution is 2.23. The number of nitrogens with zero attached hydrogens (tertiary/aromatic N) is 2. The monoisotopic (exact) mass is 363 g/mol. The maximum atomic E-state index is 12.5. The van der Waals surface area contributed by atoms with Crippen LogP contribution in [0.3, 0.4) is 0 Å². The van der Waals surface area contributed by atoms with Crippen molar-refractivity contribution in [2.45, 2.75) is 19.4 Å². The maximum Gasteiger partial charge on any atom is 0.404 e. The zero-order valence-electron chi connectivity index (χ0n) is 14.6. The summed E-state index contributed by atoms with van der Waals surface area (Å²) in [6, 6.07) is 13.2. The Morgan fingerprint density at radius 3 is 2.33 bits per heavy atom. The number of nitriles is 1. The van der Waals surface area contributed by atoms with Crippen LogP contribution in [0, 0.1) is 18.3 Å². The van der Waals surface area contributed by atoms with Crippen molar-refractivity contribution in [2.75, 3.05) is 6.54 Å². The zero-order valence-corrected chi connectivity index (χ0v) is 14.6. The van der Waals surface area contributed by atoms with Gasteiger partial charge in [-0.25, -0.2) is 4.79 Å². The Morgan fingerprint density at radius 1 is 1.19 bits per heavy atom. The third-order valence-electron chi connectivity index (χ3n) is 4.50. The summed E-state index contributed by atoms with van der Waals surface area (Å²) in [7, 11) is 0. The summed E-state index contributed by atoms with van der Waals surface area (Å²) in [5.74, 6) is -0.854. The van der Waals surface area contributed by atoms with Gasteiger partial charge in [-0.05, 0) is 42.7 Å². The molecule has 2 N–H and O–H groups in total. The molecule has 136 valence electrons. The molecule has 1 aliphatic rings. The predicted octanol–water partition coefficient (Wildman–Crippen LogP) is 2.34. The minimum Gasteiger partial charge on any atom is -0.465 e. The lowest BCUT2D eigenvalue weighted by molar-refractivity contribution is 0.0636. The van der Waals surface area contributed by atoms with Gasteiger partial charge in [0.25, 0.3) is 11.8 Å². The van der Waals surface area contributed by atoms with Crippen molar-refractivity contribution in [2.24, 2.45) is 0 Å². The molecule has 7 nitrogen and oxygen atoms in total. The second-order valence-corrected chi connectivity index (χ2v) is 6.38. The van der Waals surface area contributed by atoms with Gasteiger partial charge in [0.05, 0.1) is 35.3 Å². The SMILES string of the molecule is Cc1cc(CC(CN2C(=O)c3ccccc3C2=O)NC(=O)O)ccc1C#N. The number of rotatable bonds is 5. The number of hydrogen-bond donors (Lipinski definition) is 2. The molecule has 0 spiro atoms. The fourth-order valence-electron chi connectivity index (χ4n) is 3.22. The Labute approximate surface area is 155 Å². The van der Waals surface area contributed by atoms with Crippen LogP contribution in [0.15, 0.2) is 42.5 Å². The number of carboxylic acid groups (broad SMARTS) is 1. The molecule has 0 saturated carbocycles. The van der Waals surface area contributed by atoms with Gasteiger partial charge in [-0.15, -0.1) is 0 Å². The van der Waals surface area contributed by atoms with Crippen molar-refractivity contribution >= 4 is 17.9 Å². The number of benzene rings is 2. The molecule has 0 aromatic heterocycles. The van der Waals surface area contributed by atoms with Crippen LogP contribution in [-0.2, 0) is 6.42 Å². The Hall–Kier alpha value is -3.66. The summed E-state index contributed by atoms with van der Waals surface area (Å²) in [5.41, 5.74) is 2.78. The summed E-state index contributed by atoms with van der Waals surface area (Å²) in [6.45, 7) is 1.73. The number of carbonyl (C=O) groups is 3. The second-order valence-electron chi connectivity index (χ2n) is 6.38. The molecule has 0 bridgehead atoms. The third kappa shape index (κ3) is 3.65. The van der Waals surface area contributed by atoms with E-state index < -0.39 is 23.9 Å². The van der Waals surface area contributed by atoms with Crippen molar-refractivity contribution in [3.05, 3.63) is 70.3 Å². The number of fused-ring (bicyclic) bond motifs is 1. The van der Waals surface area contributed by atoms with E-state index in [2.05, 4.69) is 11.4 Å². The van der Waals surface area contributed by atoms with E-state index in [1.807, 2.05) is 0 Å². The Bertz CT molecular complexity index is 942.